The molecule has 0 N–H and O–H groups in total. The summed E-state index contributed by atoms with van der Waals surface area (Å²) in [7, 11) is -1.19. The minimum Gasteiger partial charge on any atom is -0.416 e. The minimum atomic E-state index is -0.594. The van der Waals surface area contributed by atoms with Gasteiger partial charge < -0.3 is 8.85 Å². The maximum Gasteiger partial charge on any atom is 0.192 e. The van der Waals surface area contributed by atoms with Crippen molar-refractivity contribution in [1.29, 1.82) is 0 Å². The fraction of sp³-hybridized carbons (Fsp3) is 0.727. The lowest BCUT2D eigenvalue weighted by molar-refractivity contribution is 0.195. The van der Waals surface area contributed by atoms with Crippen molar-refractivity contribution < 1.29 is 8.85 Å². The van der Waals surface area contributed by atoms with E-state index in [-0.39, 0.29) is 0 Å². The molecule has 2 atom stereocenters. The first-order valence-corrected chi connectivity index (χ1v) is 13.6. The predicted octanol–water partition coefficient (Wildman–Crippen LogP) is 3.86. The molecule has 0 fully saturated rings. The zero-order chi connectivity index (χ0) is 19.0. The van der Waals surface area contributed by atoms with E-state index in [4.69, 9.17) is 8.85 Å². The van der Waals surface area contributed by atoms with E-state index >= 15 is 0 Å². The molecule has 1 aromatic carbocycles. The Kier molecular flexibility index (Phi) is 14.2. The fourth-order valence-electron chi connectivity index (χ4n) is 3.21. The van der Waals surface area contributed by atoms with Crippen molar-refractivity contribution in [1.82, 2.24) is 0 Å². The first-order valence-electron chi connectivity index (χ1n) is 11.0. The molecule has 0 saturated carbocycles. The number of rotatable bonds is 16. The van der Waals surface area contributed by atoms with Crippen molar-refractivity contribution in [2.75, 3.05) is 0 Å². The molecular formula is C22H42O2Si2. The van der Waals surface area contributed by atoms with Gasteiger partial charge in [-0.15, -0.1) is 0 Å². The van der Waals surface area contributed by atoms with Crippen LogP contribution in [0.5, 0.6) is 0 Å². The topological polar surface area (TPSA) is 18.5 Å². The molecule has 0 radical (unpaired) electrons. The molecule has 1 aromatic rings. The van der Waals surface area contributed by atoms with E-state index in [0.29, 0.717) is 12.2 Å². The molecule has 0 spiro atoms. The van der Waals surface area contributed by atoms with Gasteiger partial charge in [-0.25, -0.2) is 0 Å². The molecule has 0 aliphatic rings. The maximum atomic E-state index is 6.25. The minimum absolute atomic E-state index is 0.471. The lowest BCUT2D eigenvalue weighted by Crippen LogP contribution is -2.28. The van der Waals surface area contributed by atoms with Crippen LogP contribution in [0.3, 0.4) is 0 Å². The van der Waals surface area contributed by atoms with Gasteiger partial charge >= 0.3 is 0 Å². The molecule has 0 amide bonds. The molecular weight excluding hydrogens is 352 g/mol. The molecule has 4 heteroatoms. The molecule has 0 aromatic heterocycles. The normalized spacial score (nSPS) is 14.6. The van der Waals surface area contributed by atoms with Gasteiger partial charge in [0.15, 0.2) is 19.5 Å². The zero-order valence-corrected chi connectivity index (χ0v) is 20.6. The Morgan fingerprint density at radius 1 is 0.654 bits per heavy atom. The van der Waals surface area contributed by atoms with Crippen LogP contribution in [0.2, 0.25) is 0 Å². The van der Waals surface area contributed by atoms with Gasteiger partial charge in [0, 0.05) is 12.2 Å². The summed E-state index contributed by atoms with van der Waals surface area (Å²) in [5.41, 5.74) is 0. The van der Waals surface area contributed by atoms with Crippen molar-refractivity contribution in [2.24, 2.45) is 0 Å². The number of benzene rings is 1. The molecule has 0 heterocycles. The second kappa shape index (κ2) is 15.6. The zero-order valence-electron chi connectivity index (χ0n) is 17.8. The summed E-state index contributed by atoms with van der Waals surface area (Å²) >= 11 is 0. The van der Waals surface area contributed by atoms with E-state index in [1.807, 2.05) is 0 Å². The van der Waals surface area contributed by atoms with Crippen molar-refractivity contribution >= 4 is 29.9 Å². The van der Waals surface area contributed by atoms with Gasteiger partial charge in [0.2, 0.25) is 0 Å². The van der Waals surface area contributed by atoms with Gasteiger partial charge in [-0.1, -0.05) is 90.5 Å². The number of hydrogen-bond acceptors (Lipinski definition) is 2. The summed E-state index contributed by atoms with van der Waals surface area (Å²) in [5, 5.41) is 2.85. The van der Waals surface area contributed by atoms with Crippen LogP contribution >= 0.6 is 0 Å². The van der Waals surface area contributed by atoms with E-state index in [0.717, 1.165) is 12.8 Å². The van der Waals surface area contributed by atoms with Gasteiger partial charge in [0.25, 0.3) is 0 Å². The molecule has 26 heavy (non-hydrogen) atoms. The fourth-order valence-corrected chi connectivity index (χ4v) is 5.73. The molecule has 0 bridgehead atoms. The van der Waals surface area contributed by atoms with Gasteiger partial charge in [-0.05, 0) is 36.1 Å². The van der Waals surface area contributed by atoms with Crippen molar-refractivity contribution in [3.63, 3.8) is 0 Å². The Labute approximate surface area is 167 Å². The van der Waals surface area contributed by atoms with E-state index in [2.05, 4.69) is 52.0 Å². The van der Waals surface area contributed by atoms with Crippen LogP contribution in [0.1, 0.15) is 91.9 Å². The predicted molar refractivity (Wildman–Crippen MR) is 121 cm³/mol. The summed E-state index contributed by atoms with van der Waals surface area (Å²) < 4.78 is 12.5. The second-order valence-corrected chi connectivity index (χ2v) is 10.4. The quantitative estimate of drug-likeness (QED) is 0.313. The third kappa shape index (κ3) is 10.7. The highest BCUT2D eigenvalue weighted by molar-refractivity contribution is 6.49. The van der Waals surface area contributed by atoms with Gasteiger partial charge in [0.05, 0.1) is 0 Å². The van der Waals surface area contributed by atoms with Crippen LogP contribution in [0.25, 0.3) is 0 Å². The Morgan fingerprint density at radius 3 is 1.35 bits per heavy atom. The molecule has 2 nitrogen and oxygen atoms in total. The molecule has 0 saturated heterocycles. The Balaban J connectivity index is 2.33. The summed E-state index contributed by atoms with van der Waals surface area (Å²) in [6.07, 6.45) is 13.5. The molecule has 150 valence electrons. The van der Waals surface area contributed by atoms with Crippen LogP contribution in [-0.4, -0.2) is 31.7 Å². The van der Waals surface area contributed by atoms with E-state index in [1.165, 1.54) is 61.7 Å². The average molecular weight is 395 g/mol. The molecule has 1 rings (SSSR count). The van der Waals surface area contributed by atoms with Gasteiger partial charge in [-0.3, -0.25) is 0 Å². The average Bonchev–Trinajstić information content (AvgIpc) is 2.68. The third-order valence-electron chi connectivity index (χ3n) is 5.16. The highest BCUT2D eigenvalue weighted by atomic mass is 28.2. The van der Waals surface area contributed by atoms with E-state index in [9.17, 15) is 0 Å². The monoisotopic (exact) mass is 394 g/mol. The molecule has 0 aliphatic heterocycles. The highest BCUT2D eigenvalue weighted by Gasteiger charge is 2.08. The van der Waals surface area contributed by atoms with Crippen LogP contribution in [0.4, 0.5) is 0 Å². The van der Waals surface area contributed by atoms with Crippen LogP contribution in [-0.2, 0) is 8.85 Å². The van der Waals surface area contributed by atoms with Crippen molar-refractivity contribution in [3.05, 3.63) is 24.3 Å². The number of unbranched alkanes of at least 4 members (excludes halogenated alkanes) is 4. The second-order valence-electron chi connectivity index (χ2n) is 7.49. The van der Waals surface area contributed by atoms with Crippen LogP contribution in [0, 0.1) is 0 Å². The van der Waals surface area contributed by atoms with Crippen molar-refractivity contribution in [2.45, 2.75) is 104 Å². The van der Waals surface area contributed by atoms with E-state index < -0.39 is 19.5 Å². The third-order valence-corrected chi connectivity index (χ3v) is 8.05. The SMILES string of the molecule is CCCCCC(CC)O[SiH2]c1ccc([SiH2]OC(CC)CCCCC)cc1. The highest BCUT2D eigenvalue weighted by Crippen LogP contribution is 2.10. The lowest BCUT2D eigenvalue weighted by atomic mass is 10.1. The summed E-state index contributed by atoms with van der Waals surface area (Å²) in [6.45, 7) is 9.03. The molecule has 2 unspecified atom stereocenters. The Bertz CT molecular complexity index is 395. The summed E-state index contributed by atoms with van der Waals surface area (Å²) in [5.74, 6) is 0. The van der Waals surface area contributed by atoms with Crippen molar-refractivity contribution in [3.8, 4) is 0 Å². The lowest BCUT2D eigenvalue weighted by Gasteiger charge is -2.17. The first kappa shape index (κ1) is 23.6. The summed E-state index contributed by atoms with van der Waals surface area (Å²) in [4.78, 5) is 0. The Morgan fingerprint density at radius 2 is 1.04 bits per heavy atom. The Hall–Kier alpha value is -0.426. The van der Waals surface area contributed by atoms with Crippen LogP contribution < -0.4 is 10.4 Å². The maximum absolute atomic E-state index is 6.25. The van der Waals surface area contributed by atoms with Crippen LogP contribution in [0.15, 0.2) is 24.3 Å². The standard InChI is InChI=1S/C22H42O2Si2/c1-5-9-11-13-19(7-3)23-25-21-15-17-22(18-16-21)26-24-20(8-4)14-12-10-6-2/h15-20H,5-14,25-26H2,1-4H3. The smallest absolute Gasteiger partial charge is 0.192 e. The first-order chi connectivity index (χ1) is 12.7. The number of hydrogen-bond donors (Lipinski definition) is 0. The van der Waals surface area contributed by atoms with E-state index in [1.54, 1.807) is 0 Å². The largest absolute Gasteiger partial charge is 0.416 e. The van der Waals surface area contributed by atoms with Gasteiger partial charge in [0.1, 0.15) is 0 Å². The summed E-state index contributed by atoms with van der Waals surface area (Å²) in [6, 6.07) is 9.15. The van der Waals surface area contributed by atoms with Gasteiger partial charge in [-0.2, -0.15) is 0 Å². The molecule has 0 aliphatic carbocycles.